The van der Waals surface area contributed by atoms with E-state index < -0.39 is 14.8 Å². The van der Waals surface area contributed by atoms with Gasteiger partial charge in [0, 0.05) is 28.5 Å². The average Bonchev–Trinajstić information content (AvgIpc) is 3.07. The van der Waals surface area contributed by atoms with E-state index >= 15 is 0 Å². The minimum atomic E-state index is -3.55. The van der Waals surface area contributed by atoms with Gasteiger partial charge in [0.1, 0.15) is 4.75 Å². The summed E-state index contributed by atoms with van der Waals surface area (Å²) in [5.41, 5.74) is 2.01. The maximum Gasteiger partial charge on any atom is 0.248 e. The summed E-state index contributed by atoms with van der Waals surface area (Å²) in [7, 11) is -3.55. The van der Waals surface area contributed by atoms with Crippen LogP contribution in [0.1, 0.15) is 46.2 Å². The minimum absolute atomic E-state index is 0.0607. The van der Waals surface area contributed by atoms with Crippen molar-refractivity contribution >= 4 is 31.7 Å². The van der Waals surface area contributed by atoms with Gasteiger partial charge in [-0.15, -0.1) is 0 Å². The Morgan fingerprint density at radius 1 is 1.36 bits per heavy atom. The highest BCUT2D eigenvalue weighted by Gasteiger charge is 2.41. The third-order valence-corrected chi connectivity index (χ3v) is 8.27. The highest BCUT2D eigenvalue weighted by Crippen LogP contribution is 2.37. The lowest BCUT2D eigenvalue weighted by Gasteiger charge is -2.30. The molecular weight excluding hydrogens is 400 g/mol. The Balaban J connectivity index is 1.93. The predicted molar refractivity (Wildman–Crippen MR) is 107 cm³/mol. The number of rotatable bonds is 4. The summed E-state index contributed by atoms with van der Waals surface area (Å²) in [6.07, 6.45) is 9.22. The van der Waals surface area contributed by atoms with Crippen molar-refractivity contribution in [1.29, 1.82) is 0 Å². The van der Waals surface area contributed by atoms with E-state index in [9.17, 15) is 8.42 Å². The molecule has 2 unspecified atom stereocenters. The molecule has 2 aliphatic rings. The van der Waals surface area contributed by atoms with Crippen LogP contribution in [0.25, 0.3) is 0 Å². The van der Waals surface area contributed by atoms with E-state index in [1.54, 1.807) is 19.2 Å². The second-order valence-corrected chi connectivity index (χ2v) is 11.2. The molecular formula is C19H25BrN2O2S. The van der Waals surface area contributed by atoms with Crippen molar-refractivity contribution in [1.82, 2.24) is 3.97 Å². The number of hydrogen-bond acceptors (Lipinski definition) is 3. The molecule has 0 bridgehead atoms. The largest absolute Gasteiger partial charge is 0.290 e. The van der Waals surface area contributed by atoms with Crippen LogP contribution in [0.2, 0.25) is 0 Å². The van der Waals surface area contributed by atoms with E-state index in [1.807, 2.05) is 24.3 Å². The summed E-state index contributed by atoms with van der Waals surface area (Å²) >= 11 is 3.40. The van der Waals surface area contributed by atoms with Gasteiger partial charge in [-0.25, -0.2) is 12.4 Å². The monoisotopic (exact) mass is 424 g/mol. The van der Waals surface area contributed by atoms with Gasteiger partial charge in [0.05, 0.1) is 6.04 Å². The summed E-state index contributed by atoms with van der Waals surface area (Å²) in [6, 6.07) is 3.83. The molecule has 0 fully saturated rings. The molecule has 0 spiro atoms. The topological polar surface area (TPSA) is 51.4 Å². The van der Waals surface area contributed by atoms with E-state index in [1.165, 1.54) is 3.97 Å². The van der Waals surface area contributed by atoms with Crippen molar-refractivity contribution in [3.05, 3.63) is 46.7 Å². The molecule has 2 heterocycles. The third kappa shape index (κ3) is 3.31. The molecule has 6 heteroatoms. The molecule has 0 aromatic carbocycles. The van der Waals surface area contributed by atoms with Crippen molar-refractivity contribution in [2.45, 2.75) is 57.7 Å². The Bertz CT molecular complexity index is 877. The van der Waals surface area contributed by atoms with Gasteiger partial charge in [-0.2, -0.15) is 0 Å². The lowest BCUT2D eigenvalue weighted by molar-refractivity contribution is 0.320. The van der Waals surface area contributed by atoms with Crippen molar-refractivity contribution < 1.29 is 8.42 Å². The molecule has 0 amide bonds. The van der Waals surface area contributed by atoms with Crippen molar-refractivity contribution in [2.75, 3.05) is 0 Å². The number of hydrogen-bond donors (Lipinski definition) is 0. The highest BCUT2D eigenvalue weighted by atomic mass is 79.9. The van der Waals surface area contributed by atoms with E-state index in [2.05, 4.69) is 36.7 Å². The summed E-state index contributed by atoms with van der Waals surface area (Å²) in [5, 5.41) is 0. The molecule has 0 radical (unpaired) electrons. The molecule has 3 rings (SSSR count). The molecule has 25 heavy (non-hydrogen) atoms. The quantitative estimate of drug-likeness (QED) is 0.715. The van der Waals surface area contributed by atoms with E-state index in [4.69, 9.17) is 4.99 Å². The fraction of sp³-hybridized carbons (Fsp3) is 0.526. The fourth-order valence-electron chi connectivity index (χ4n) is 3.69. The first-order chi connectivity index (χ1) is 11.6. The zero-order valence-corrected chi connectivity index (χ0v) is 17.6. The first kappa shape index (κ1) is 18.6. The predicted octanol–water partition coefficient (Wildman–Crippen LogP) is 4.47. The zero-order valence-electron chi connectivity index (χ0n) is 15.2. The van der Waals surface area contributed by atoms with Crippen LogP contribution < -0.4 is 0 Å². The maximum atomic E-state index is 13.3. The van der Waals surface area contributed by atoms with Crippen LogP contribution >= 0.6 is 15.9 Å². The normalized spacial score (nSPS) is 28.8. The van der Waals surface area contributed by atoms with Crippen LogP contribution in [0, 0.1) is 5.41 Å². The van der Waals surface area contributed by atoms with Crippen LogP contribution in [-0.2, 0) is 16.4 Å². The number of halogens is 1. The standard InChI is InChI=1S/C19H25BrN2O2S/c1-14-13-18(2,3)17(21-14)12-16-6-5-11-22(16)25(23,24)19(4)9-7-15(20)8-10-19/h5-9,11,17H,10,12-13H2,1-4H3. The SMILES string of the molecule is CC1=NC(Cc2cccn2S(=O)(=O)C2(C)C=CC(Br)=CC2)C(C)(C)C1. The lowest BCUT2D eigenvalue weighted by Crippen LogP contribution is -2.39. The molecule has 0 saturated carbocycles. The van der Waals surface area contributed by atoms with E-state index in [0.29, 0.717) is 12.8 Å². The van der Waals surface area contributed by atoms with Crippen LogP contribution in [0.15, 0.2) is 46.0 Å². The molecule has 0 saturated heterocycles. The number of nitrogens with zero attached hydrogens (tertiary/aromatic N) is 2. The summed E-state index contributed by atoms with van der Waals surface area (Å²) in [6.45, 7) is 8.23. The second-order valence-electron chi connectivity index (χ2n) is 7.99. The molecule has 1 aliphatic carbocycles. The Morgan fingerprint density at radius 3 is 2.64 bits per heavy atom. The Labute approximate surface area is 158 Å². The zero-order chi connectivity index (χ0) is 18.5. The van der Waals surface area contributed by atoms with Crippen LogP contribution in [-0.4, -0.2) is 28.9 Å². The first-order valence-corrected chi connectivity index (χ1v) is 10.8. The van der Waals surface area contributed by atoms with E-state index in [0.717, 1.165) is 22.3 Å². The van der Waals surface area contributed by atoms with Crippen LogP contribution in [0.3, 0.4) is 0 Å². The number of aromatic nitrogens is 1. The van der Waals surface area contributed by atoms with Gasteiger partial charge in [-0.1, -0.05) is 48.0 Å². The van der Waals surface area contributed by atoms with Gasteiger partial charge < -0.3 is 0 Å². The molecule has 2 atom stereocenters. The Hall–Kier alpha value is -1.14. The van der Waals surface area contributed by atoms with Gasteiger partial charge in [0.25, 0.3) is 0 Å². The van der Waals surface area contributed by atoms with Crippen molar-refractivity contribution in [3.63, 3.8) is 0 Å². The molecule has 0 N–H and O–H groups in total. The molecule has 4 nitrogen and oxygen atoms in total. The smallest absolute Gasteiger partial charge is 0.248 e. The molecule has 1 aromatic rings. The minimum Gasteiger partial charge on any atom is -0.290 e. The average molecular weight is 425 g/mol. The van der Waals surface area contributed by atoms with Gasteiger partial charge >= 0.3 is 0 Å². The lowest BCUT2D eigenvalue weighted by atomic mass is 9.81. The van der Waals surface area contributed by atoms with Crippen molar-refractivity contribution in [2.24, 2.45) is 10.4 Å². The van der Waals surface area contributed by atoms with Gasteiger partial charge in [0.15, 0.2) is 0 Å². The van der Waals surface area contributed by atoms with Crippen LogP contribution in [0.4, 0.5) is 0 Å². The van der Waals surface area contributed by atoms with Gasteiger partial charge in [0.2, 0.25) is 10.0 Å². The van der Waals surface area contributed by atoms with Gasteiger partial charge in [-0.05, 0) is 44.2 Å². The number of allylic oxidation sites excluding steroid dienone is 3. The van der Waals surface area contributed by atoms with Crippen LogP contribution in [0.5, 0.6) is 0 Å². The summed E-state index contributed by atoms with van der Waals surface area (Å²) in [5.74, 6) is 0. The first-order valence-electron chi connectivity index (χ1n) is 8.55. The third-order valence-electron chi connectivity index (χ3n) is 5.33. The molecule has 1 aromatic heterocycles. The second kappa shape index (κ2) is 6.23. The summed E-state index contributed by atoms with van der Waals surface area (Å²) < 4.78 is 28.1. The Morgan fingerprint density at radius 2 is 2.08 bits per heavy atom. The van der Waals surface area contributed by atoms with Crippen molar-refractivity contribution in [3.8, 4) is 0 Å². The Kier molecular flexibility index (Phi) is 4.65. The fourth-order valence-corrected chi connectivity index (χ4v) is 5.64. The number of aliphatic imine (C=N–C) groups is 1. The molecule has 136 valence electrons. The molecule has 1 aliphatic heterocycles. The van der Waals surface area contributed by atoms with E-state index in [-0.39, 0.29) is 11.5 Å². The summed E-state index contributed by atoms with van der Waals surface area (Å²) in [4.78, 5) is 4.76. The maximum absolute atomic E-state index is 13.3. The highest BCUT2D eigenvalue weighted by molar-refractivity contribution is 9.11. The van der Waals surface area contributed by atoms with Gasteiger partial charge in [-0.3, -0.25) is 4.99 Å².